The van der Waals surface area contributed by atoms with Crippen LogP contribution in [0.15, 0.2) is 6.07 Å². The summed E-state index contributed by atoms with van der Waals surface area (Å²) in [5.74, 6) is -0.769. The maximum Gasteiger partial charge on any atom is 0.435 e. The number of nitrogens with zero attached hydrogens (tertiary/aromatic N) is 2. The molecule has 4 nitrogen and oxygen atoms in total. The fourth-order valence-corrected chi connectivity index (χ4v) is 1.92. The van der Waals surface area contributed by atoms with Crippen molar-refractivity contribution in [3.63, 3.8) is 0 Å². The number of unbranched alkanes of at least 4 members (excludes halogenated alkanes) is 5. The van der Waals surface area contributed by atoms with E-state index in [9.17, 15) is 18.0 Å². The number of esters is 1. The Hall–Kier alpha value is -1.53. The van der Waals surface area contributed by atoms with E-state index < -0.39 is 17.8 Å². The second kappa shape index (κ2) is 8.05. The highest BCUT2D eigenvalue weighted by atomic mass is 19.4. The highest BCUT2D eigenvalue weighted by Crippen LogP contribution is 2.28. The van der Waals surface area contributed by atoms with Crippen molar-refractivity contribution in [2.24, 2.45) is 7.05 Å². The van der Waals surface area contributed by atoms with Gasteiger partial charge in [0.2, 0.25) is 0 Å². The number of carbonyl (C=O) groups excluding carboxylic acids is 1. The first-order valence-corrected chi connectivity index (χ1v) is 7.14. The second-order valence-corrected chi connectivity index (χ2v) is 4.94. The number of rotatable bonds is 8. The lowest BCUT2D eigenvalue weighted by molar-refractivity contribution is -0.141. The molecule has 120 valence electrons. The minimum atomic E-state index is -4.56. The average Bonchev–Trinajstić information content (AvgIpc) is 2.79. The molecule has 0 saturated carbocycles. The van der Waals surface area contributed by atoms with Crippen molar-refractivity contribution < 1.29 is 22.7 Å². The molecule has 0 bridgehead atoms. The van der Waals surface area contributed by atoms with E-state index in [4.69, 9.17) is 4.74 Å². The summed E-state index contributed by atoms with van der Waals surface area (Å²) in [7, 11) is 1.29. The third-order valence-electron chi connectivity index (χ3n) is 3.11. The predicted molar refractivity (Wildman–Crippen MR) is 71.9 cm³/mol. The van der Waals surface area contributed by atoms with E-state index in [0.29, 0.717) is 6.07 Å². The topological polar surface area (TPSA) is 44.1 Å². The molecule has 0 spiro atoms. The molecule has 0 amide bonds. The Bertz CT molecular complexity index is 456. The van der Waals surface area contributed by atoms with Crippen LogP contribution in [-0.4, -0.2) is 22.4 Å². The molecule has 1 aromatic heterocycles. The Morgan fingerprint density at radius 2 is 1.86 bits per heavy atom. The summed E-state index contributed by atoms with van der Waals surface area (Å²) in [4.78, 5) is 11.7. The van der Waals surface area contributed by atoms with Crippen LogP contribution in [0.3, 0.4) is 0 Å². The predicted octanol–water partition coefficient (Wildman–Crippen LogP) is 3.96. The maximum atomic E-state index is 12.5. The normalized spacial score (nSPS) is 11.7. The third kappa shape index (κ3) is 5.77. The fourth-order valence-electron chi connectivity index (χ4n) is 1.92. The van der Waals surface area contributed by atoms with E-state index in [1.165, 1.54) is 13.5 Å². The van der Waals surface area contributed by atoms with Gasteiger partial charge in [-0.3, -0.25) is 4.68 Å². The lowest BCUT2D eigenvalue weighted by Gasteiger charge is -2.04. The first-order chi connectivity index (χ1) is 9.86. The van der Waals surface area contributed by atoms with Gasteiger partial charge in [-0.05, 0) is 6.42 Å². The number of carbonyl (C=O) groups is 1. The smallest absolute Gasteiger partial charge is 0.435 e. The molecule has 0 aliphatic heterocycles. The molecular weight excluding hydrogens is 285 g/mol. The highest BCUT2D eigenvalue weighted by Gasteiger charge is 2.35. The van der Waals surface area contributed by atoms with Gasteiger partial charge >= 0.3 is 12.1 Å². The summed E-state index contributed by atoms with van der Waals surface area (Å²) in [5.41, 5.74) is -1.27. The number of ether oxygens (including phenoxy) is 1. The van der Waals surface area contributed by atoms with Gasteiger partial charge in [-0.15, -0.1) is 0 Å². The van der Waals surface area contributed by atoms with Crippen LogP contribution in [0, 0.1) is 0 Å². The zero-order chi connectivity index (χ0) is 15.9. The minimum absolute atomic E-state index is 0.187. The first-order valence-electron chi connectivity index (χ1n) is 7.14. The lowest BCUT2D eigenvalue weighted by atomic mass is 10.1. The Morgan fingerprint density at radius 3 is 2.43 bits per heavy atom. The summed E-state index contributed by atoms with van der Waals surface area (Å²) in [6, 6.07) is 0.712. The molecule has 1 aromatic rings. The van der Waals surface area contributed by atoms with Crippen LogP contribution >= 0.6 is 0 Å². The Labute approximate surface area is 122 Å². The summed E-state index contributed by atoms with van der Waals surface area (Å²) < 4.78 is 43.3. The van der Waals surface area contributed by atoms with Crippen LogP contribution in [0.2, 0.25) is 0 Å². The van der Waals surface area contributed by atoms with Gasteiger partial charge in [-0.1, -0.05) is 39.0 Å². The Kier molecular flexibility index (Phi) is 6.71. The zero-order valence-corrected chi connectivity index (χ0v) is 12.4. The van der Waals surface area contributed by atoms with Gasteiger partial charge in [0.05, 0.1) is 6.61 Å². The average molecular weight is 306 g/mol. The number of aryl methyl sites for hydroxylation is 1. The van der Waals surface area contributed by atoms with E-state index in [2.05, 4.69) is 12.0 Å². The van der Waals surface area contributed by atoms with Gasteiger partial charge in [0.15, 0.2) is 5.69 Å². The van der Waals surface area contributed by atoms with Crippen LogP contribution in [0.5, 0.6) is 0 Å². The minimum Gasteiger partial charge on any atom is -0.461 e. The number of hydrogen-bond donors (Lipinski definition) is 0. The molecule has 1 heterocycles. The van der Waals surface area contributed by atoms with Crippen molar-refractivity contribution in [2.75, 3.05) is 6.61 Å². The molecule has 0 fully saturated rings. The first kappa shape index (κ1) is 17.5. The van der Waals surface area contributed by atoms with E-state index >= 15 is 0 Å². The largest absolute Gasteiger partial charge is 0.461 e. The van der Waals surface area contributed by atoms with Crippen molar-refractivity contribution in [2.45, 2.75) is 51.6 Å². The summed E-state index contributed by atoms with van der Waals surface area (Å²) in [5, 5.41) is 3.27. The van der Waals surface area contributed by atoms with Gasteiger partial charge < -0.3 is 4.74 Å². The van der Waals surface area contributed by atoms with E-state index in [1.807, 2.05) is 0 Å². The molecule has 0 N–H and O–H groups in total. The maximum absolute atomic E-state index is 12.5. The molecule has 0 aliphatic rings. The Morgan fingerprint density at radius 1 is 1.24 bits per heavy atom. The van der Waals surface area contributed by atoms with Crippen LogP contribution in [-0.2, 0) is 18.0 Å². The van der Waals surface area contributed by atoms with E-state index in [1.54, 1.807) is 0 Å². The fraction of sp³-hybridized carbons (Fsp3) is 0.714. The number of aromatic nitrogens is 2. The van der Waals surface area contributed by atoms with Gasteiger partial charge in [0.1, 0.15) is 5.69 Å². The van der Waals surface area contributed by atoms with Crippen molar-refractivity contribution in [3.05, 3.63) is 17.5 Å². The quantitative estimate of drug-likeness (QED) is 0.539. The monoisotopic (exact) mass is 306 g/mol. The SMILES string of the molecule is CCCCCCCCOC(=O)c1cc(C(F)(F)F)nn1C. The van der Waals surface area contributed by atoms with E-state index in [0.717, 1.165) is 36.8 Å². The molecule has 0 unspecified atom stereocenters. The molecule has 21 heavy (non-hydrogen) atoms. The number of hydrogen-bond acceptors (Lipinski definition) is 3. The highest BCUT2D eigenvalue weighted by molar-refractivity contribution is 5.87. The molecule has 0 radical (unpaired) electrons. The van der Waals surface area contributed by atoms with Crippen molar-refractivity contribution in [1.82, 2.24) is 9.78 Å². The van der Waals surface area contributed by atoms with Crippen molar-refractivity contribution in [3.8, 4) is 0 Å². The van der Waals surface area contributed by atoms with Crippen LogP contribution in [0.4, 0.5) is 13.2 Å². The van der Waals surface area contributed by atoms with Crippen LogP contribution in [0.1, 0.15) is 61.6 Å². The zero-order valence-electron chi connectivity index (χ0n) is 12.4. The van der Waals surface area contributed by atoms with Crippen molar-refractivity contribution in [1.29, 1.82) is 0 Å². The summed E-state index contributed by atoms with van der Waals surface area (Å²) in [6.45, 7) is 2.35. The number of halogens is 3. The van der Waals surface area contributed by atoms with Crippen LogP contribution in [0.25, 0.3) is 0 Å². The molecule has 1 rings (SSSR count). The van der Waals surface area contributed by atoms with Gasteiger partial charge in [0, 0.05) is 13.1 Å². The lowest BCUT2D eigenvalue weighted by Crippen LogP contribution is -2.11. The molecule has 0 atom stereocenters. The second-order valence-electron chi connectivity index (χ2n) is 4.94. The van der Waals surface area contributed by atoms with Gasteiger partial charge in [-0.2, -0.15) is 18.3 Å². The van der Waals surface area contributed by atoms with Gasteiger partial charge in [-0.25, -0.2) is 4.79 Å². The third-order valence-corrected chi connectivity index (χ3v) is 3.11. The molecule has 0 saturated heterocycles. The number of alkyl halides is 3. The van der Waals surface area contributed by atoms with Crippen molar-refractivity contribution >= 4 is 5.97 Å². The molecular formula is C14H21F3N2O2. The molecule has 0 aromatic carbocycles. The summed E-state index contributed by atoms with van der Waals surface area (Å²) in [6.07, 6.45) is 1.70. The van der Waals surface area contributed by atoms with E-state index in [-0.39, 0.29) is 12.3 Å². The Balaban J connectivity index is 2.37. The van der Waals surface area contributed by atoms with Crippen LogP contribution < -0.4 is 0 Å². The standard InChI is InChI=1S/C14H21F3N2O2/c1-3-4-5-6-7-8-9-21-13(20)11-10-12(14(15,16)17)18-19(11)2/h10H,3-9H2,1-2H3. The van der Waals surface area contributed by atoms with Gasteiger partial charge in [0.25, 0.3) is 0 Å². The molecule has 0 aliphatic carbocycles. The molecule has 7 heteroatoms. The summed E-state index contributed by atoms with van der Waals surface area (Å²) >= 11 is 0.